The molecule has 4 aromatic rings. The largest absolute Gasteiger partial charge is 0.476 e. The van der Waals surface area contributed by atoms with Crippen LogP contribution < -0.4 is 5.14 Å². The summed E-state index contributed by atoms with van der Waals surface area (Å²) in [6.45, 7) is 0. The molecule has 0 aliphatic rings. The molecule has 3 N–H and O–H groups in total. The van der Waals surface area contributed by atoms with E-state index in [-0.39, 0.29) is 10.8 Å². The number of fused-ring (bicyclic) bond motifs is 1. The van der Waals surface area contributed by atoms with Gasteiger partial charge in [-0.05, 0) is 53.8 Å². The second-order valence-electron chi connectivity index (χ2n) is 6.51. The molecule has 0 radical (unpaired) electrons. The number of aromatic carboxylic acids is 1. The van der Waals surface area contributed by atoms with E-state index in [1.165, 1.54) is 16.0 Å². The number of benzene rings is 2. The van der Waals surface area contributed by atoms with E-state index in [2.05, 4.69) is 4.98 Å². The summed E-state index contributed by atoms with van der Waals surface area (Å²) in [6, 6.07) is 11.1. The molecule has 154 valence electrons. The third-order valence-electron chi connectivity index (χ3n) is 4.59. The van der Waals surface area contributed by atoms with Crippen molar-refractivity contribution in [3.8, 4) is 5.13 Å². The summed E-state index contributed by atoms with van der Waals surface area (Å²) in [6.07, 6.45) is -2.29. The highest BCUT2D eigenvalue weighted by Crippen LogP contribution is 2.35. The molecule has 0 unspecified atom stereocenters. The van der Waals surface area contributed by atoms with E-state index in [1.54, 1.807) is 6.20 Å². The lowest BCUT2D eigenvalue weighted by molar-refractivity contribution is -0.137. The van der Waals surface area contributed by atoms with Gasteiger partial charge in [-0.2, -0.15) is 13.2 Å². The Morgan fingerprint density at radius 1 is 1.20 bits per heavy atom. The SMILES string of the molecule is NSc1ccc(Cc2cn(-c3nc(C(=O)O)cs3)c3cc(C(F)(F)F)ccc23)cc1. The number of nitrogens with zero attached hydrogens (tertiary/aromatic N) is 2. The first kappa shape index (κ1) is 20.5. The van der Waals surface area contributed by atoms with Gasteiger partial charge in [-0.3, -0.25) is 9.71 Å². The summed E-state index contributed by atoms with van der Waals surface area (Å²) in [4.78, 5) is 16.1. The van der Waals surface area contributed by atoms with Crippen LogP contribution in [0.4, 0.5) is 13.2 Å². The number of hydrogen-bond acceptors (Lipinski definition) is 5. The van der Waals surface area contributed by atoms with Crippen molar-refractivity contribution >= 4 is 40.2 Å². The van der Waals surface area contributed by atoms with Gasteiger partial charge in [0.25, 0.3) is 0 Å². The second-order valence-corrected chi connectivity index (χ2v) is 8.06. The normalized spacial score (nSPS) is 11.9. The van der Waals surface area contributed by atoms with Gasteiger partial charge in [-0.25, -0.2) is 9.78 Å². The average Bonchev–Trinajstić information content (AvgIpc) is 3.33. The van der Waals surface area contributed by atoms with Crippen molar-refractivity contribution in [3.63, 3.8) is 0 Å². The molecule has 5 nitrogen and oxygen atoms in total. The molecule has 4 rings (SSSR count). The molecule has 2 heterocycles. The molecule has 0 aliphatic carbocycles. The van der Waals surface area contributed by atoms with Crippen LogP contribution in [-0.4, -0.2) is 20.6 Å². The van der Waals surface area contributed by atoms with Crippen molar-refractivity contribution in [1.82, 2.24) is 9.55 Å². The molecule has 0 spiro atoms. The van der Waals surface area contributed by atoms with E-state index in [0.29, 0.717) is 17.3 Å². The molecule has 0 atom stereocenters. The molecular weight excluding hydrogens is 435 g/mol. The van der Waals surface area contributed by atoms with Crippen molar-refractivity contribution in [2.75, 3.05) is 0 Å². The minimum Gasteiger partial charge on any atom is -0.476 e. The number of nitrogens with two attached hydrogens (primary N) is 1. The van der Waals surface area contributed by atoms with Crippen LogP contribution in [0.25, 0.3) is 16.0 Å². The molecular formula is C20H14F3N3O2S2. The van der Waals surface area contributed by atoms with Gasteiger partial charge in [0.05, 0.1) is 11.1 Å². The number of thiazole rings is 1. The molecule has 0 saturated carbocycles. The highest BCUT2D eigenvalue weighted by Gasteiger charge is 2.31. The van der Waals surface area contributed by atoms with Crippen LogP contribution in [0, 0.1) is 0 Å². The second kappa shape index (κ2) is 7.78. The Balaban J connectivity index is 1.84. The number of halogens is 3. The van der Waals surface area contributed by atoms with Crippen LogP contribution in [0.2, 0.25) is 0 Å². The molecule has 0 amide bonds. The van der Waals surface area contributed by atoms with Gasteiger partial charge in [0.15, 0.2) is 10.8 Å². The fourth-order valence-corrected chi connectivity index (χ4v) is 4.23. The van der Waals surface area contributed by atoms with Crippen LogP contribution in [0.15, 0.2) is 58.9 Å². The Kier molecular flexibility index (Phi) is 5.31. The van der Waals surface area contributed by atoms with E-state index >= 15 is 0 Å². The standard InChI is InChI=1S/C20H14F3N3O2S2/c21-20(22,23)13-3-6-15-12(7-11-1-4-14(30-24)5-2-11)9-26(17(15)8-13)19-25-16(10-29-19)18(27)28/h1-6,8-10H,7,24H2,(H,27,28). The van der Waals surface area contributed by atoms with Crippen molar-refractivity contribution in [2.45, 2.75) is 17.5 Å². The summed E-state index contributed by atoms with van der Waals surface area (Å²) < 4.78 is 41.3. The lowest BCUT2D eigenvalue weighted by atomic mass is 10.0. The number of alkyl halides is 3. The minimum absolute atomic E-state index is 0.153. The molecule has 10 heteroatoms. The molecule has 2 aromatic heterocycles. The lowest BCUT2D eigenvalue weighted by Gasteiger charge is -2.08. The van der Waals surface area contributed by atoms with Gasteiger partial charge in [-0.1, -0.05) is 18.2 Å². The summed E-state index contributed by atoms with van der Waals surface area (Å²) in [7, 11) is 0. The van der Waals surface area contributed by atoms with Gasteiger partial charge >= 0.3 is 12.1 Å². The van der Waals surface area contributed by atoms with E-state index in [4.69, 9.17) is 10.2 Å². The van der Waals surface area contributed by atoms with Gasteiger partial charge in [0.2, 0.25) is 0 Å². The maximum atomic E-state index is 13.3. The van der Waals surface area contributed by atoms with Crippen LogP contribution in [0.5, 0.6) is 0 Å². The van der Waals surface area contributed by atoms with Crippen molar-refractivity contribution in [3.05, 3.63) is 76.4 Å². The zero-order chi connectivity index (χ0) is 21.5. The highest BCUT2D eigenvalue weighted by atomic mass is 32.2. The Labute approximate surface area is 177 Å². The molecule has 30 heavy (non-hydrogen) atoms. The number of carboxylic acids is 1. The predicted octanol–water partition coefficient (Wildman–Crippen LogP) is 5.36. The lowest BCUT2D eigenvalue weighted by Crippen LogP contribution is -2.05. The third-order valence-corrected chi connectivity index (χ3v) is 5.97. The van der Waals surface area contributed by atoms with Gasteiger partial charge in [0, 0.05) is 21.9 Å². The number of carboxylic acid groups (broad SMARTS) is 1. The van der Waals surface area contributed by atoms with Crippen molar-refractivity contribution in [1.29, 1.82) is 0 Å². The van der Waals surface area contributed by atoms with Crippen molar-refractivity contribution < 1.29 is 23.1 Å². The Morgan fingerprint density at radius 2 is 1.93 bits per heavy atom. The Hall–Kier alpha value is -2.82. The number of carbonyl (C=O) groups is 1. The summed E-state index contributed by atoms with van der Waals surface area (Å²) in [5, 5.41) is 17.0. The van der Waals surface area contributed by atoms with Crippen LogP contribution in [-0.2, 0) is 12.6 Å². The van der Waals surface area contributed by atoms with Crippen molar-refractivity contribution in [2.24, 2.45) is 5.14 Å². The molecule has 0 bridgehead atoms. The number of rotatable bonds is 5. The van der Waals surface area contributed by atoms with Crippen LogP contribution in [0.3, 0.4) is 0 Å². The molecule has 0 aliphatic heterocycles. The summed E-state index contributed by atoms with van der Waals surface area (Å²) >= 11 is 2.19. The first-order valence-electron chi connectivity index (χ1n) is 8.62. The predicted molar refractivity (Wildman–Crippen MR) is 110 cm³/mol. The zero-order valence-corrected chi connectivity index (χ0v) is 16.8. The first-order chi connectivity index (χ1) is 14.3. The number of hydrogen-bond donors (Lipinski definition) is 2. The monoisotopic (exact) mass is 449 g/mol. The smallest absolute Gasteiger partial charge is 0.416 e. The quantitative estimate of drug-likeness (QED) is 0.401. The van der Waals surface area contributed by atoms with Crippen LogP contribution in [0.1, 0.15) is 27.2 Å². The highest BCUT2D eigenvalue weighted by molar-refractivity contribution is 7.97. The fourth-order valence-electron chi connectivity index (χ4n) is 3.15. The maximum absolute atomic E-state index is 13.3. The van der Waals surface area contributed by atoms with Gasteiger partial charge in [-0.15, -0.1) is 11.3 Å². The van der Waals surface area contributed by atoms with Crippen LogP contribution >= 0.6 is 23.3 Å². The Morgan fingerprint density at radius 3 is 2.53 bits per heavy atom. The van der Waals surface area contributed by atoms with E-state index in [0.717, 1.165) is 51.4 Å². The summed E-state index contributed by atoms with van der Waals surface area (Å²) in [5.74, 6) is -1.19. The minimum atomic E-state index is -4.49. The van der Waals surface area contributed by atoms with E-state index in [1.807, 2.05) is 24.3 Å². The zero-order valence-electron chi connectivity index (χ0n) is 15.2. The third kappa shape index (κ3) is 3.93. The molecule has 2 aromatic carbocycles. The summed E-state index contributed by atoms with van der Waals surface area (Å²) in [5.41, 5.74) is 1.16. The topological polar surface area (TPSA) is 81.1 Å². The van der Waals surface area contributed by atoms with Gasteiger partial charge < -0.3 is 5.11 Å². The Bertz CT molecular complexity index is 1230. The first-order valence-corrected chi connectivity index (χ1v) is 10.4. The molecule has 0 saturated heterocycles. The average molecular weight is 449 g/mol. The van der Waals surface area contributed by atoms with E-state index in [9.17, 15) is 18.0 Å². The van der Waals surface area contributed by atoms with Gasteiger partial charge in [0.1, 0.15) is 0 Å². The fraction of sp³-hybridized carbons (Fsp3) is 0.100. The van der Waals surface area contributed by atoms with E-state index < -0.39 is 17.7 Å². The molecule has 0 fully saturated rings. The number of aromatic nitrogens is 2. The maximum Gasteiger partial charge on any atom is 0.416 e.